The minimum atomic E-state index is 0.101. The lowest BCUT2D eigenvalue weighted by atomic mass is 10.0. The Morgan fingerprint density at radius 3 is 3.17 bits per heavy atom. The Morgan fingerprint density at radius 2 is 2.42 bits per heavy atom. The van der Waals surface area contributed by atoms with Gasteiger partial charge < -0.3 is 4.90 Å². The van der Waals surface area contributed by atoms with Gasteiger partial charge in [0.25, 0.3) is 0 Å². The zero-order valence-corrected chi connectivity index (χ0v) is 6.82. The Labute approximate surface area is 71.0 Å². The summed E-state index contributed by atoms with van der Waals surface area (Å²) in [4.78, 5) is 23.7. The van der Waals surface area contributed by atoms with E-state index in [2.05, 4.69) is 0 Å². The summed E-state index contributed by atoms with van der Waals surface area (Å²) < 4.78 is 0. The molecule has 0 aliphatic carbocycles. The van der Waals surface area contributed by atoms with Crippen LogP contribution in [0, 0.1) is 0 Å². The van der Waals surface area contributed by atoms with Crippen LogP contribution in [0.3, 0.4) is 0 Å². The van der Waals surface area contributed by atoms with Gasteiger partial charge in [0, 0.05) is 18.5 Å². The van der Waals surface area contributed by atoms with Crippen molar-refractivity contribution in [3.05, 3.63) is 11.6 Å². The molecule has 0 aromatic heterocycles. The Bertz CT molecular complexity index is 257. The average molecular weight is 165 g/mol. The molecule has 0 N–H and O–H groups in total. The van der Waals surface area contributed by atoms with Crippen LogP contribution in [-0.4, -0.2) is 29.7 Å². The van der Waals surface area contributed by atoms with Gasteiger partial charge in [-0.15, -0.1) is 0 Å². The van der Waals surface area contributed by atoms with Gasteiger partial charge in [-0.25, -0.2) is 0 Å². The Balaban J connectivity index is 2.26. The van der Waals surface area contributed by atoms with Crippen LogP contribution in [0.15, 0.2) is 11.6 Å². The number of nitrogens with zero attached hydrogens (tertiary/aromatic N) is 1. The van der Waals surface area contributed by atoms with Gasteiger partial charge in [0.15, 0.2) is 0 Å². The van der Waals surface area contributed by atoms with Crippen molar-refractivity contribution >= 4 is 12.2 Å². The number of amides is 1. The summed E-state index contributed by atoms with van der Waals surface area (Å²) in [6.45, 7) is 0.792. The van der Waals surface area contributed by atoms with Gasteiger partial charge in [0.2, 0.25) is 5.91 Å². The van der Waals surface area contributed by atoms with E-state index in [-0.39, 0.29) is 11.9 Å². The maximum atomic E-state index is 11.3. The van der Waals surface area contributed by atoms with E-state index < -0.39 is 0 Å². The van der Waals surface area contributed by atoms with Gasteiger partial charge in [-0.2, -0.15) is 0 Å². The van der Waals surface area contributed by atoms with Crippen molar-refractivity contribution in [2.24, 2.45) is 0 Å². The number of hydrogen-bond donors (Lipinski definition) is 0. The molecule has 64 valence electrons. The van der Waals surface area contributed by atoms with E-state index in [1.54, 1.807) is 0 Å². The summed E-state index contributed by atoms with van der Waals surface area (Å²) in [7, 11) is 0. The maximum absolute atomic E-state index is 11.3. The molecular weight excluding hydrogens is 154 g/mol. The molecule has 2 aliphatic rings. The summed E-state index contributed by atoms with van der Waals surface area (Å²) >= 11 is 0. The molecule has 0 bridgehead atoms. The van der Waals surface area contributed by atoms with Gasteiger partial charge in [-0.3, -0.25) is 9.59 Å². The van der Waals surface area contributed by atoms with Crippen molar-refractivity contribution in [1.29, 1.82) is 0 Å². The largest absolute Gasteiger partial charge is 0.335 e. The van der Waals surface area contributed by atoms with Crippen LogP contribution >= 0.6 is 0 Å². The lowest BCUT2D eigenvalue weighted by molar-refractivity contribution is -0.128. The molecule has 1 atom stereocenters. The van der Waals surface area contributed by atoms with E-state index in [4.69, 9.17) is 0 Å². The highest BCUT2D eigenvalue weighted by molar-refractivity contribution is 5.84. The second-order valence-electron chi connectivity index (χ2n) is 3.25. The highest BCUT2D eigenvalue weighted by atomic mass is 16.2. The van der Waals surface area contributed by atoms with Crippen LogP contribution in [0.1, 0.15) is 19.3 Å². The number of aldehydes is 1. The van der Waals surface area contributed by atoms with Crippen molar-refractivity contribution in [3.63, 3.8) is 0 Å². The monoisotopic (exact) mass is 165 g/mol. The zero-order chi connectivity index (χ0) is 8.55. The van der Waals surface area contributed by atoms with Crippen molar-refractivity contribution in [2.45, 2.75) is 25.3 Å². The minimum Gasteiger partial charge on any atom is -0.335 e. The molecule has 1 fully saturated rings. The van der Waals surface area contributed by atoms with Crippen LogP contribution < -0.4 is 0 Å². The highest BCUT2D eigenvalue weighted by Crippen LogP contribution is 2.27. The molecule has 0 unspecified atom stereocenters. The van der Waals surface area contributed by atoms with Crippen molar-refractivity contribution in [2.75, 3.05) is 6.54 Å². The van der Waals surface area contributed by atoms with E-state index in [9.17, 15) is 9.59 Å². The van der Waals surface area contributed by atoms with Gasteiger partial charge in [0.1, 0.15) is 6.29 Å². The Hall–Kier alpha value is -1.12. The summed E-state index contributed by atoms with van der Waals surface area (Å²) in [5, 5.41) is 0. The van der Waals surface area contributed by atoms with Gasteiger partial charge in [-0.1, -0.05) is 6.08 Å². The van der Waals surface area contributed by atoms with E-state index in [1.165, 1.54) is 0 Å². The number of carbonyl (C=O) groups excluding carboxylic acids is 2. The summed E-state index contributed by atoms with van der Waals surface area (Å²) in [5.41, 5.74) is 0.798. The molecule has 3 heteroatoms. The van der Waals surface area contributed by atoms with Crippen LogP contribution in [-0.2, 0) is 9.59 Å². The molecule has 0 saturated carbocycles. The van der Waals surface area contributed by atoms with Crippen molar-refractivity contribution in [3.8, 4) is 0 Å². The maximum Gasteiger partial charge on any atom is 0.223 e. The summed E-state index contributed by atoms with van der Waals surface area (Å²) in [5.74, 6) is 0.201. The molecule has 2 heterocycles. The van der Waals surface area contributed by atoms with Crippen LogP contribution in [0.25, 0.3) is 0 Å². The fourth-order valence-electron chi connectivity index (χ4n) is 1.99. The molecule has 2 aliphatic heterocycles. The molecule has 2 rings (SSSR count). The normalized spacial score (nSPS) is 28.3. The standard InChI is InChI=1S/C9H11NO2/c11-6-7-2-1-5-10-8(7)3-4-9(10)12/h2,6,8H,1,3-5H2/t8-/m1/s1. The molecule has 0 aromatic carbocycles. The molecule has 1 amide bonds. The third-order valence-corrected chi connectivity index (χ3v) is 2.60. The van der Waals surface area contributed by atoms with E-state index in [1.807, 2.05) is 11.0 Å². The average Bonchev–Trinajstić information content (AvgIpc) is 2.48. The lowest BCUT2D eigenvalue weighted by Crippen LogP contribution is -2.37. The predicted molar refractivity (Wildman–Crippen MR) is 43.5 cm³/mol. The van der Waals surface area contributed by atoms with Gasteiger partial charge in [-0.05, 0) is 12.8 Å². The Morgan fingerprint density at radius 1 is 1.58 bits per heavy atom. The number of rotatable bonds is 1. The topological polar surface area (TPSA) is 37.4 Å². The highest BCUT2D eigenvalue weighted by Gasteiger charge is 2.34. The van der Waals surface area contributed by atoms with Crippen LogP contribution in [0.5, 0.6) is 0 Å². The van der Waals surface area contributed by atoms with E-state index in [0.29, 0.717) is 6.42 Å². The molecule has 0 spiro atoms. The van der Waals surface area contributed by atoms with Gasteiger partial charge >= 0.3 is 0 Å². The third kappa shape index (κ3) is 0.967. The lowest BCUT2D eigenvalue weighted by Gasteiger charge is -2.28. The SMILES string of the molecule is O=CC1=CCCN2C(=O)CC[C@H]12. The first-order chi connectivity index (χ1) is 5.83. The number of fused-ring (bicyclic) bond motifs is 1. The summed E-state index contributed by atoms with van der Waals surface area (Å²) in [6.07, 6.45) is 5.10. The smallest absolute Gasteiger partial charge is 0.223 e. The predicted octanol–water partition coefficient (Wildman–Crippen LogP) is 0.506. The molecular formula is C9H11NO2. The minimum absolute atomic E-state index is 0.101. The summed E-state index contributed by atoms with van der Waals surface area (Å²) in [6, 6.07) is 0.101. The quantitative estimate of drug-likeness (QED) is 0.531. The first-order valence-electron chi connectivity index (χ1n) is 4.27. The molecule has 12 heavy (non-hydrogen) atoms. The third-order valence-electron chi connectivity index (χ3n) is 2.60. The van der Waals surface area contributed by atoms with Crippen LogP contribution in [0.2, 0.25) is 0 Å². The second kappa shape index (κ2) is 2.73. The fraction of sp³-hybridized carbons (Fsp3) is 0.556. The Kier molecular flexibility index (Phi) is 1.71. The number of hydrogen-bond acceptors (Lipinski definition) is 2. The number of carbonyl (C=O) groups is 2. The van der Waals surface area contributed by atoms with Crippen molar-refractivity contribution in [1.82, 2.24) is 4.90 Å². The van der Waals surface area contributed by atoms with Crippen molar-refractivity contribution < 1.29 is 9.59 Å². The van der Waals surface area contributed by atoms with E-state index >= 15 is 0 Å². The molecule has 1 saturated heterocycles. The van der Waals surface area contributed by atoms with Crippen LogP contribution in [0.4, 0.5) is 0 Å². The molecule has 3 nitrogen and oxygen atoms in total. The second-order valence-corrected chi connectivity index (χ2v) is 3.25. The first kappa shape index (κ1) is 7.53. The molecule has 0 radical (unpaired) electrons. The van der Waals surface area contributed by atoms with E-state index in [0.717, 1.165) is 31.2 Å². The zero-order valence-electron chi connectivity index (χ0n) is 6.82. The molecule has 0 aromatic rings. The first-order valence-corrected chi connectivity index (χ1v) is 4.27. The van der Waals surface area contributed by atoms with Gasteiger partial charge in [0.05, 0.1) is 6.04 Å². The fourth-order valence-corrected chi connectivity index (χ4v) is 1.99.